The minimum atomic E-state index is 0. The number of aryl methyl sites for hydroxylation is 1. The van der Waals surface area contributed by atoms with Gasteiger partial charge in [0.25, 0.3) is 0 Å². The zero-order valence-corrected chi connectivity index (χ0v) is 14.3. The van der Waals surface area contributed by atoms with E-state index >= 15 is 0 Å². The van der Waals surface area contributed by atoms with Crippen molar-refractivity contribution in [3.05, 3.63) is 59.7 Å². The van der Waals surface area contributed by atoms with Crippen LogP contribution in [0.2, 0.25) is 0 Å². The Morgan fingerprint density at radius 1 is 1.13 bits per heavy atom. The molecule has 0 aliphatic heterocycles. The highest BCUT2D eigenvalue weighted by Gasteiger charge is 2.10. The van der Waals surface area contributed by atoms with Gasteiger partial charge in [-0.25, -0.2) is 0 Å². The summed E-state index contributed by atoms with van der Waals surface area (Å²) in [5, 5.41) is 0. The van der Waals surface area contributed by atoms with Crippen LogP contribution in [0.1, 0.15) is 11.1 Å². The van der Waals surface area contributed by atoms with Gasteiger partial charge in [-0.15, -0.1) is 12.4 Å². The van der Waals surface area contributed by atoms with Gasteiger partial charge in [0, 0.05) is 12.7 Å². The van der Waals surface area contributed by atoms with Gasteiger partial charge in [-0.1, -0.05) is 30.3 Å². The number of hydrogen-bond acceptors (Lipinski definition) is 3. The Bertz CT molecular complexity index is 629. The largest absolute Gasteiger partial charge is 0.491 e. The van der Waals surface area contributed by atoms with Crippen molar-refractivity contribution in [1.29, 1.82) is 0 Å². The lowest BCUT2D eigenvalue weighted by Crippen LogP contribution is -2.32. The molecule has 5 heteroatoms. The summed E-state index contributed by atoms with van der Waals surface area (Å²) >= 11 is 0. The minimum absolute atomic E-state index is 0. The zero-order valence-electron chi connectivity index (χ0n) is 13.5. The molecule has 0 unspecified atom stereocenters. The monoisotopic (exact) mass is 334 g/mol. The van der Waals surface area contributed by atoms with Crippen molar-refractivity contribution in [1.82, 2.24) is 4.90 Å². The van der Waals surface area contributed by atoms with Gasteiger partial charge >= 0.3 is 0 Å². The number of nitrogen functional groups attached to an aromatic ring is 1. The van der Waals surface area contributed by atoms with E-state index in [0.717, 1.165) is 16.9 Å². The predicted molar refractivity (Wildman–Crippen MR) is 96.1 cm³/mol. The highest BCUT2D eigenvalue weighted by Crippen LogP contribution is 2.15. The molecule has 2 rings (SSSR count). The maximum absolute atomic E-state index is 12.1. The minimum Gasteiger partial charge on any atom is -0.491 e. The number of ether oxygens (including phenoxy) is 1. The number of nitrogens with two attached hydrogens (primary N) is 1. The smallest absolute Gasteiger partial charge is 0.226 e. The van der Waals surface area contributed by atoms with Crippen LogP contribution >= 0.6 is 12.4 Å². The predicted octanol–water partition coefficient (Wildman–Crippen LogP) is 3.08. The molecular formula is C18H23ClN2O2. The van der Waals surface area contributed by atoms with Crippen LogP contribution in [0.25, 0.3) is 0 Å². The maximum Gasteiger partial charge on any atom is 0.226 e. The highest BCUT2D eigenvalue weighted by molar-refractivity contribution is 5.85. The summed E-state index contributed by atoms with van der Waals surface area (Å²) in [6, 6.07) is 15.2. The number of halogens is 1. The van der Waals surface area contributed by atoms with Gasteiger partial charge in [0.05, 0.1) is 13.0 Å². The molecule has 0 heterocycles. The first-order chi connectivity index (χ1) is 10.6. The summed E-state index contributed by atoms with van der Waals surface area (Å²) in [5.41, 5.74) is 8.40. The van der Waals surface area contributed by atoms with Crippen molar-refractivity contribution >= 4 is 24.0 Å². The number of hydrogen-bond donors (Lipinski definition) is 1. The third kappa shape index (κ3) is 5.83. The van der Waals surface area contributed by atoms with Crippen molar-refractivity contribution in [2.45, 2.75) is 13.3 Å². The molecule has 2 aromatic rings. The first-order valence-electron chi connectivity index (χ1n) is 7.33. The Hall–Kier alpha value is -2.20. The molecule has 0 aliphatic carbocycles. The number of carbonyl (C=O) groups excluding carboxylic acids is 1. The molecule has 124 valence electrons. The Labute approximate surface area is 143 Å². The molecule has 0 saturated carbocycles. The van der Waals surface area contributed by atoms with Crippen LogP contribution in [0.5, 0.6) is 5.75 Å². The SMILES string of the molecule is Cc1ccccc1OCCN(C)C(=O)Cc1ccc(N)cc1.Cl. The Kier molecular flexibility index (Phi) is 7.42. The molecular weight excluding hydrogens is 312 g/mol. The number of anilines is 1. The Morgan fingerprint density at radius 3 is 2.43 bits per heavy atom. The number of para-hydroxylation sites is 1. The number of carbonyl (C=O) groups is 1. The van der Waals surface area contributed by atoms with Crippen LogP contribution in [0, 0.1) is 6.92 Å². The summed E-state index contributed by atoms with van der Waals surface area (Å²) in [5.74, 6) is 0.931. The van der Waals surface area contributed by atoms with E-state index in [4.69, 9.17) is 10.5 Å². The molecule has 0 radical (unpaired) electrons. The maximum atomic E-state index is 12.1. The van der Waals surface area contributed by atoms with E-state index in [1.165, 1.54) is 0 Å². The van der Waals surface area contributed by atoms with E-state index in [1.807, 2.05) is 55.5 Å². The molecule has 2 N–H and O–H groups in total. The van der Waals surface area contributed by atoms with Crippen LogP contribution in [0.3, 0.4) is 0 Å². The quantitative estimate of drug-likeness (QED) is 0.826. The lowest BCUT2D eigenvalue weighted by Gasteiger charge is -2.18. The molecule has 0 atom stereocenters. The number of nitrogens with zero attached hydrogens (tertiary/aromatic N) is 1. The van der Waals surface area contributed by atoms with Crippen molar-refractivity contribution in [2.24, 2.45) is 0 Å². The fourth-order valence-corrected chi connectivity index (χ4v) is 2.08. The van der Waals surface area contributed by atoms with E-state index in [2.05, 4.69) is 0 Å². The van der Waals surface area contributed by atoms with Gasteiger partial charge in [0.15, 0.2) is 0 Å². The van der Waals surface area contributed by atoms with Crippen LogP contribution in [-0.4, -0.2) is 31.0 Å². The third-order valence-corrected chi connectivity index (χ3v) is 3.54. The lowest BCUT2D eigenvalue weighted by molar-refractivity contribution is -0.129. The van der Waals surface area contributed by atoms with Gasteiger partial charge in [-0.2, -0.15) is 0 Å². The first-order valence-corrected chi connectivity index (χ1v) is 7.33. The average Bonchev–Trinajstić information content (AvgIpc) is 2.51. The molecule has 1 amide bonds. The van der Waals surface area contributed by atoms with E-state index in [0.29, 0.717) is 25.3 Å². The van der Waals surface area contributed by atoms with Crippen molar-refractivity contribution in [2.75, 3.05) is 25.9 Å². The summed E-state index contributed by atoms with van der Waals surface area (Å²) in [7, 11) is 1.79. The second-order valence-corrected chi connectivity index (χ2v) is 5.35. The standard InChI is InChI=1S/C18H22N2O2.ClH/c1-14-5-3-4-6-17(14)22-12-11-20(2)18(21)13-15-7-9-16(19)10-8-15;/h3-10H,11-13,19H2,1-2H3;1H. The van der Waals surface area contributed by atoms with E-state index in [1.54, 1.807) is 11.9 Å². The summed E-state index contributed by atoms with van der Waals surface area (Å²) in [4.78, 5) is 13.8. The highest BCUT2D eigenvalue weighted by atomic mass is 35.5. The second kappa shape index (κ2) is 9.06. The molecule has 0 bridgehead atoms. The lowest BCUT2D eigenvalue weighted by atomic mass is 10.1. The van der Waals surface area contributed by atoms with E-state index < -0.39 is 0 Å². The fraction of sp³-hybridized carbons (Fsp3) is 0.278. The van der Waals surface area contributed by atoms with Gasteiger partial charge in [-0.05, 0) is 36.2 Å². The number of rotatable bonds is 6. The Balaban J connectivity index is 0.00000264. The molecule has 4 nitrogen and oxygen atoms in total. The molecule has 2 aromatic carbocycles. The molecule has 23 heavy (non-hydrogen) atoms. The summed E-state index contributed by atoms with van der Waals surface area (Å²) in [6.45, 7) is 3.04. The number of likely N-dealkylation sites (N-methyl/N-ethyl adjacent to an activating group) is 1. The van der Waals surface area contributed by atoms with Crippen LogP contribution in [0.15, 0.2) is 48.5 Å². The topological polar surface area (TPSA) is 55.6 Å². The second-order valence-electron chi connectivity index (χ2n) is 5.35. The molecule has 0 fully saturated rings. The molecule has 0 aromatic heterocycles. The number of amides is 1. The van der Waals surface area contributed by atoms with E-state index in [-0.39, 0.29) is 18.3 Å². The van der Waals surface area contributed by atoms with Gasteiger partial charge < -0.3 is 15.4 Å². The zero-order chi connectivity index (χ0) is 15.9. The molecule has 0 saturated heterocycles. The Morgan fingerprint density at radius 2 is 1.78 bits per heavy atom. The van der Waals surface area contributed by atoms with Crippen LogP contribution in [0.4, 0.5) is 5.69 Å². The van der Waals surface area contributed by atoms with Crippen LogP contribution < -0.4 is 10.5 Å². The van der Waals surface area contributed by atoms with Crippen LogP contribution in [-0.2, 0) is 11.2 Å². The normalized spacial score (nSPS) is 9.83. The van der Waals surface area contributed by atoms with Gasteiger partial charge in [0.2, 0.25) is 5.91 Å². The summed E-state index contributed by atoms with van der Waals surface area (Å²) < 4.78 is 5.71. The van der Waals surface area contributed by atoms with Gasteiger partial charge in [-0.3, -0.25) is 4.79 Å². The third-order valence-electron chi connectivity index (χ3n) is 3.54. The fourth-order valence-electron chi connectivity index (χ4n) is 2.08. The summed E-state index contributed by atoms with van der Waals surface area (Å²) in [6.07, 6.45) is 0.376. The average molecular weight is 335 g/mol. The van der Waals surface area contributed by atoms with Crippen molar-refractivity contribution < 1.29 is 9.53 Å². The molecule has 0 spiro atoms. The first kappa shape index (κ1) is 18.8. The van der Waals surface area contributed by atoms with Crippen molar-refractivity contribution in [3.63, 3.8) is 0 Å². The van der Waals surface area contributed by atoms with Crippen molar-refractivity contribution in [3.8, 4) is 5.75 Å². The van der Waals surface area contributed by atoms with E-state index in [9.17, 15) is 4.79 Å². The van der Waals surface area contributed by atoms with Gasteiger partial charge in [0.1, 0.15) is 12.4 Å². The molecule has 0 aliphatic rings. The number of benzene rings is 2.